The normalized spacial score (nSPS) is 25.1. The van der Waals surface area contributed by atoms with Gasteiger partial charge in [0.25, 0.3) is 5.91 Å². The Hall–Kier alpha value is -2.28. The summed E-state index contributed by atoms with van der Waals surface area (Å²) < 4.78 is 24.9. The first-order chi connectivity index (χ1) is 13.7. The summed E-state index contributed by atoms with van der Waals surface area (Å²) in [5.41, 5.74) is 3.18. The van der Waals surface area contributed by atoms with Crippen molar-refractivity contribution in [3.05, 3.63) is 71.0 Å². The van der Waals surface area contributed by atoms with Crippen LogP contribution in [0.2, 0.25) is 0 Å². The molecule has 3 atom stereocenters. The molecule has 0 bridgehead atoms. The maximum Gasteiger partial charge on any atom is 0.255 e. The van der Waals surface area contributed by atoms with Gasteiger partial charge in [-0.1, -0.05) is 36.4 Å². The van der Waals surface area contributed by atoms with Crippen molar-refractivity contribution in [2.75, 3.05) is 33.4 Å². The molecule has 4 rings (SSSR count). The number of benzene rings is 2. The number of nitrogens with one attached hydrogen (secondary N) is 1. The average molecular weight is 384 g/mol. The molecule has 2 aromatic rings. The van der Waals surface area contributed by atoms with E-state index in [1.165, 1.54) is 17.7 Å². The van der Waals surface area contributed by atoms with E-state index < -0.39 is 6.10 Å². The lowest BCUT2D eigenvalue weighted by Gasteiger charge is -2.40. The highest BCUT2D eigenvalue weighted by atomic mass is 19.1. The summed E-state index contributed by atoms with van der Waals surface area (Å²) in [6, 6.07) is 14.3. The number of hydrogen-bond acceptors (Lipinski definition) is 4. The van der Waals surface area contributed by atoms with Gasteiger partial charge < -0.3 is 19.7 Å². The lowest BCUT2D eigenvalue weighted by molar-refractivity contribution is -0.153. The second-order valence-corrected chi connectivity index (χ2v) is 7.20. The van der Waals surface area contributed by atoms with Crippen LogP contribution in [0.15, 0.2) is 48.5 Å². The molecule has 2 aromatic carbocycles. The number of carbonyl (C=O) groups excluding carboxylic acids is 1. The first kappa shape index (κ1) is 19.1. The number of halogens is 1. The second kappa shape index (κ2) is 8.39. The van der Waals surface area contributed by atoms with Crippen LogP contribution in [-0.4, -0.2) is 56.4 Å². The number of rotatable bonds is 3. The van der Waals surface area contributed by atoms with Gasteiger partial charge in [0.2, 0.25) is 0 Å². The molecule has 1 fully saturated rings. The minimum absolute atomic E-state index is 0.0839. The molecular formula is C22H25FN2O3. The van der Waals surface area contributed by atoms with Crippen molar-refractivity contribution in [3.63, 3.8) is 0 Å². The van der Waals surface area contributed by atoms with Crippen molar-refractivity contribution in [1.82, 2.24) is 10.2 Å². The first-order valence-corrected chi connectivity index (χ1v) is 9.68. The van der Waals surface area contributed by atoms with Gasteiger partial charge in [-0.05, 0) is 35.2 Å². The Bertz CT molecular complexity index is 827. The Morgan fingerprint density at radius 2 is 2.00 bits per heavy atom. The maximum atomic E-state index is 13.6. The monoisotopic (exact) mass is 384 g/mol. The number of carbonyl (C=O) groups is 1. The molecule has 2 aliphatic rings. The van der Waals surface area contributed by atoms with Crippen molar-refractivity contribution in [3.8, 4) is 0 Å². The molecule has 0 aliphatic carbocycles. The number of amides is 1. The second-order valence-electron chi connectivity index (χ2n) is 7.20. The van der Waals surface area contributed by atoms with Crippen LogP contribution in [0.4, 0.5) is 4.39 Å². The minimum atomic E-state index is -0.659. The number of ether oxygens (including phenoxy) is 2. The Labute approximate surface area is 164 Å². The van der Waals surface area contributed by atoms with Crippen LogP contribution in [0.3, 0.4) is 0 Å². The molecule has 0 saturated carbocycles. The molecule has 2 aliphatic heterocycles. The lowest BCUT2D eigenvalue weighted by Crippen LogP contribution is -2.51. The zero-order valence-electron chi connectivity index (χ0n) is 15.9. The Kier molecular flexibility index (Phi) is 5.71. The predicted molar refractivity (Wildman–Crippen MR) is 104 cm³/mol. The molecule has 0 spiro atoms. The van der Waals surface area contributed by atoms with E-state index in [1.807, 2.05) is 23.1 Å². The van der Waals surface area contributed by atoms with Crippen LogP contribution in [0, 0.1) is 5.82 Å². The van der Waals surface area contributed by atoms with Crippen molar-refractivity contribution in [2.24, 2.45) is 0 Å². The fourth-order valence-electron chi connectivity index (χ4n) is 4.13. The number of nitrogens with zero attached hydrogens (tertiary/aromatic N) is 1. The third kappa shape index (κ3) is 3.68. The first-order valence-electron chi connectivity index (χ1n) is 9.68. The van der Waals surface area contributed by atoms with E-state index in [2.05, 4.69) is 11.4 Å². The number of methoxy groups -OCH3 is 1. The fraction of sp³-hybridized carbons (Fsp3) is 0.409. The van der Waals surface area contributed by atoms with Crippen molar-refractivity contribution in [2.45, 2.75) is 24.7 Å². The van der Waals surface area contributed by atoms with Gasteiger partial charge in [0.15, 0.2) is 6.10 Å². The molecule has 2 heterocycles. The molecule has 6 heteroatoms. The van der Waals surface area contributed by atoms with Gasteiger partial charge in [-0.2, -0.15) is 0 Å². The van der Waals surface area contributed by atoms with Crippen LogP contribution in [0.1, 0.15) is 22.7 Å². The molecule has 5 nitrogen and oxygen atoms in total. The van der Waals surface area contributed by atoms with E-state index in [9.17, 15) is 9.18 Å². The van der Waals surface area contributed by atoms with Crippen LogP contribution >= 0.6 is 0 Å². The van der Waals surface area contributed by atoms with Crippen molar-refractivity contribution < 1.29 is 18.7 Å². The highest BCUT2D eigenvalue weighted by molar-refractivity contribution is 5.83. The van der Waals surface area contributed by atoms with Gasteiger partial charge in [0, 0.05) is 26.7 Å². The number of fused-ring (bicyclic) bond motifs is 1. The predicted octanol–water partition coefficient (Wildman–Crippen LogP) is 2.30. The van der Waals surface area contributed by atoms with Gasteiger partial charge in [-0.25, -0.2) is 4.39 Å². The largest absolute Gasteiger partial charge is 0.377 e. The van der Waals surface area contributed by atoms with Gasteiger partial charge in [0.1, 0.15) is 11.9 Å². The number of hydrogen-bond donors (Lipinski definition) is 1. The zero-order chi connectivity index (χ0) is 19.5. The van der Waals surface area contributed by atoms with E-state index in [1.54, 1.807) is 19.2 Å². The van der Waals surface area contributed by atoms with E-state index in [-0.39, 0.29) is 23.9 Å². The Morgan fingerprint density at radius 1 is 1.21 bits per heavy atom. The van der Waals surface area contributed by atoms with Crippen LogP contribution in [0.25, 0.3) is 0 Å². The van der Waals surface area contributed by atoms with E-state index >= 15 is 0 Å². The molecule has 28 heavy (non-hydrogen) atoms. The molecule has 1 N–H and O–H groups in total. The summed E-state index contributed by atoms with van der Waals surface area (Å²) in [6.07, 6.45) is -0.225. The lowest BCUT2D eigenvalue weighted by atomic mass is 9.87. The van der Waals surface area contributed by atoms with Crippen molar-refractivity contribution >= 4 is 5.91 Å². The smallest absolute Gasteiger partial charge is 0.255 e. The third-order valence-corrected chi connectivity index (χ3v) is 5.56. The summed E-state index contributed by atoms with van der Waals surface area (Å²) in [5.74, 6) is -0.372. The fourth-order valence-corrected chi connectivity index (χ4v) is 4.13. The summed E-state index contributed by atoms with van der Waals surface area (Å²) in [4.78, 5) is 15.4. The summed E-state index contributed by atoms with van der Waals surface area (Å²) in [6.45, 7) is 2.30. The summed E-state index contributed by atoms with van der Waals surface area (Å²) >= 11 is 0. The van der Waals surface area contributed by atoms with Crippen LogP contribution in [0.5, 0.6) is 0 Å². The van der Waals surface area contributed by atoms with Crippen LogP contribution in [-0.2, 0) is 20.7 Å². The van der Waals surface area contributed by atoms with Gasteiger partial charge in [-0.3, -0.25) is 4.79 Å². The molecule has 0 aromatic heterocycles. The van der Waals surface area contributed by atoms with Crippen LogP contribution < -0.4 is 5.32 Å². The maximum absolute atomic E-state index is 13.6. The third-order valence-electron chi connectivity index (χ3n) is 5.56. The van der Waals surface area contributed by atoms with Gasteiger partial charge >= 0.3 is 0 Å². The minimum Gasteiger partial charge on any atom is -0.377 e. The zero-order valence-corrected chi connectivity index (χ0v) is 15.9. The summed E-state index contributed by atoms with van der Waals surface area (Å²) in [5, 5.41) is 3.24. The molecule has 0 radical (unpaired) electrons. The Balaban J connectivity index is 1.72. The van der Waals surface area contributed by atoms with Crippen molar-refractivity contribution in [1.29, 1.82) is 0 Å². The molecule has 0 unspecified atom stereocenters. The standard InChI is InChI=1S/C22H25FN2O3/c1-27-19-14-24-11-13-28-21(19)22(26)25-12-10-15-4-2-3-5-18(15)20(25)16-6-8-17(23)9-7-16/h2-9,19-21,24H,10-14H2,1H3/t19-,20-,21+/m0/s1. The Morgan fingerprint density at radius 3 is 2.79 bits per heavy atom. The summed E-state index contributed by atoms with van der Waals surface area (Å²) in [7, 11) is 1.60. The topological polar surface area (TPSA) is 50.8 Å². The molecular weight excluding hydrogens is 359 g/mol. The quantitative estimate of drug-likeness (QED) is 0.882. The van der Waals surface area contributed by atoms with E-state index in [0.29, 0.717) is 26.2 Å². The molecule has 1 amide bonds. The SMILES string of the molecule is CO[C@H]1CNCCO[C@H]1C(=O)N1CCc2ccccc2[C@@H]1c1ccc(F)cc1. The average Bonchev–Trinajstić information content (AvgIpc) is 2.98. The highest BCUT2D eigenvalue weighted by Gasteiger charge is 2.39. The van der Waals surface area contributed by atoms with E-state index in [4.69, 9.17) is 9.47 Å². The van der Waals surface area contributed by atoms with Gasteiger partial charge in [0.05, 0.1) is 12.6 Å². The molecule has 1 saturated heterocycles. The highest BCUT2D eigenvalue weighted by Crippen LogP contribution is 2.36. The van der Waals surface area contributed by atoms with Gasteiger partial charge in [-0.15, -0.1) is 0 Å². The van der Waals surface area contributed by atoms with E-state index in [0.717, 1.165) is 17.5 Å². The molecule has 148 valence electrons.